The standard InChI is InChI=1S/C22H26N2O2/c1-3-15-25-17-13-19-5-9-21(10-6-19)23-24-22-11-7-20(8-12-22)14-18-26-16-4-2/h3-12H,1-2,13-18H2. The Kier molecular flexibility index (Phi) is 9.05. The van der Waals surface area contributed by atoms with Crippen molar-refractivity contribution in [2.24, 2.45) is 10.2 Å². The molecule has 0 saturated carbocycles. The smallest absolute Gasteiger partial charge is 0.0857 e. The predicted octanol–water partition coefficient (Wildman–Crippen LogP) is 5.59. The molecule has 0 unspecified atom stereocenters. The van der Waals surface area contributed by atoms with Gasteiger partial charge in [-0.15, -0.1) is 13.2 Å². The lowest BCUT2D eigenvalue weighted by atomic mass is 10.1. The average molecular weight is 350 g/mol. The molecule has 0 N–H and O–H groups in total. The highest BCUT2D eigenvalue weighted by Crippen LogP contribution is 2.19. The highest BCUT2D eigenvalue weighted by atomic mass is 16.5. The lowest BCUT2D eigenvalue weighted by molar-refractivity contribution is 0.166. The number of rotatable bonds is 12. The molecule has 0 radical (unpaired) electrons. The summed E-state index contributed by atoms with van der Waals surface area (Å²) in [4.78, 5) is 0. The van der Waals surface area contributed by atoms with Crippen LogP contribution in [0.25, 0.3) is 0 Å². The minimum atomic E-state index is 0.590. The molecule has 26 heavy (non-hydrogen) atoms. The van der Waals surface area contributed by atoms with Gasteiger partial charge in [-0.1, -0.05) is 36.4 Å². The Morgan fingerprint density at radius 3 is 1.38 bits per heavy atom. The van der Waals surface area contributed by atoms with E-state index in [-0.39, 0.29) is 0 Å². The molecule has 0 amide bonds. The molecular weight excluding hydrogens is 324 g/mol. The van der Waals surface area contributed by atoms with Crippen LogP contribution in [0.5, 0.6) is 0 Å². The van der Waals surface area contributed by atoms with Crippen molar-refractivity contribution >= 4 is 11.4 Å². The zero-order valence-corrected chi connectivity index (χ0v) is 15.1. The molecule has 0 saturated heterocycles. The first kappa shape index (κ1) is 19.8. The van der Waals surface area contributed by atoms with Gasteiger partial charge >= 0.3 is 0 Å². The summed E-state index contributed by atoms with van der Waals surface area (Å²) in [7, 11) is 0. The van der Waals surface area contributed by atoms with Crippen LogP contribution in [0.2, 0.25) is 0 Å². The van der Waals surface area contributed by atoms with Crippen molar-refractivity contribution in [2.75, 3.05) is 26.4 Å². The van der Waals surface area contributed by atoms with Crippen molar-refractivity contribution in [3.63, 3.8) is 0 Å². The lowest BCUT2D eigenvalue weighted by Gasteiger charge is -2.03. The molecule has 4 heteroatoms. The van der Waals surface area contributed by atoms with E-state index >= 15 is 0 Å². The van der Waals surface area contributed by atoms with Crippen LogP contribution in [0.1, 0.15) is 11.1 Å². The molecule has 0 fully saturated rings. The van der Waals surface area contributed by atoms with Gasteiger partial charge in [0.05, 0.1) is 37.8 Å². The van der Waals surface area contributed by atoms with Gasteiger partial charge in [0.2, 0.25) is 0 Å². The molecule has 2 rings (SSSR count). The van der Waals surface area contributed by atoms with E-state index in [4.69, 9.17) is 9.47 Å². The monoisotopic (exact) mass is 350 g/mol. The second-order valence-corrected chi connectivity index (χ2v) is 5.76. The first-order chi connectivity index (χ1) is 12.8. The summed E-state index contributed by atoms with van der Waals surface area (Å²) >= 11 is 0. The highest BCUT2D eigenvalue weighted by molar-refractivity contribution is 5.42. The second kappa shape index (κ2) is 11.9. The van der Waals surface area contributed by atoms with Crippen LogP contribution in [0, 0.1) is 0 Å². The van der Waals surface area contributed by atoms with Crippen molar-refractivity contribution in [3.05, 3.63) is 85.0 Å². The van der Waals surface area contributed by atoms with E-state index in [0.717, 1.165) is 24.2 Å². The number of benzene rings is 2. The summed E-state index contributed by atoms with van der Waals surface area (Å²) in [6.07, 6.45) is 5.27. The van der Waals surface area contributed by atoms with Gasteiger partial charge in [0.15, 0.2) is 0 Å². The third kappa shape index (κ3) is 7.55. The first-order valence-electron chi connectivity index (χ1n) is 8.78. The van der Waals surface area contributed by atoms with Crippen LogP contribution < -0.4 is 0 Å². The average Bonchev–Trinajstić information content (AvgIpc) is 2.69. The quantitative estimate of drug-likeness (QED) is 0.284. The van der Waals surface area contributed by atoms with Crippen LogP contribution in [-0.4, -0.2) is 26.4 Å². The van der Waals surface area contributed by atoms with Crippen molar-refractivity contribution in [1.29, 1.82) is 0 Å². The van der Waals surface area contributed by atoms with Gasteiger partial charge < -0.3 is 9.47 Å². The molecule has 0 aliphatic heterocycles. The van der Waals surface area contributed by atoms with E-state index in [1.165, 1.54) is 11.1 Å². The van der Waals surface area contributed by atoms with Gasteiger partial charge in [0, 0.05) is 0 Å². The molecule has 2 aromatic rings. The number of hydrogen-bond donors (Lipinski definition) is 0. The molecule has 4 nitrogen and oxygen atoms in total. The van der Waals surface area contributed by atoms with Gasteiger partial charge in [-0.25, -0.2) is 0 Å². The van der Waals surface area contributed by atoms with Crippen molar-refractivity contribution < 1.29 is 9.47 Å². The normalized spacial score (nSPS) is 10.9. The zero-order chi connectivity index (χ0) is 18.5. The van der Waals surface area contributed by atoms with E-state index in [1.54, 1.807) is 12.2 Å². The molecular formula is C22H26N2O2. The van der Waals surface area contributed by atoms with E-state index in [0.29, 0.717) is 26.4 Å². The van der Waals surface area contributed by atoms with Crippen molar-refractivity contribution in [3.8, 4) is 0 Å². The fraction of sp³-hybridized carbons (Fsp3) is 0.273. The molecule has 0 atom stereocenters. The van der Waals surface area contributed by atoms with Crippen LogP contribution in [0.3, 0.4) is 0 Å². The molecule has 2 aromatic carbocycles. The van der Waals surface area contributed by atoms with Crippen molar-refractivity contribution in [1.82, 2.24) is 0 Å². The molecule has 0 heterocycles. The van der Waals surface area contributed by atoms with Crippen LogP contribution in [0.15, 0.2) is 84.1 Å². The second-order valence-electron chi connectivity index (χ2n) is 5.76. The van der Waals surface area contributed by atoms with Crippen LogP contribution in [0.4, 0.5) is 11.4 Å². The Bertz CT molecular complexity index is 630. The van der Waals surface area contributed by atoms with Crippen LogP contribution in [-0.2, 0) is 22.3 Å². The summed E-state index contributed by atoms with van der Waals surface area (Å²) in [5.41, 5.74) is 4.11. The Balaban J connectivity index is 1.81. The maximum Gasteiger partial charge on any atom is 0.0857 e. The van der Waals surface area contributed by atoms with Gasteiger partial charge in [0.1, 0.15) is 0 Å². The SMILES string of the molecule is C=CCOCCc1ccc(N=Nc2ccc(CCOCC=C)cc2)cc1. The molecule has 136 valence electrons. The minimum absolute atomic E-state index is 0.590. The predicted molar refractivity (Wildman–Crippen MR) is 107 cm³/mol. The Labute approximate surface area is 155 Å². The van der Waals surface area contributed by atoms with Crippen molar-refractivity contribution in [2.45, 2.75) is 12.8 Å². The summed E-state index contributed by atoms with van der Waals surface area (Å²) in [6, 6.07) is 16.1. The number of azo groups is 1. The van der Waals surface area contributed by atoms with Gasteiger partial charge in [-0.05, 0) is 48.2 Å². The fourth-order valence-corrected chi connectivity index (χ4v) is 2.29. The van der Waals surface area contributed by atoms with Gasteiger partial charge in [-0.3, -0.25) is 0 Å². The summed E-state index contributed by atoms with van der Waals surface area (Å²) in [5, 5.41) is 8.58. The molecule has 0 aromatic heterocycles. The zero-order valence-electron chi connectivity index (χ0n) is 15.1. The third-order valence-electron chi connectivity index (χ3n) is 3.70. The Morgan fingerprint density at radius 2 is 1.04 bits per heavy atom. The molecule has 0 spiro atoms. The van der Waals surface area contributed by atoms with E-state index in [2.05, 4.69) is 47.7 Å². The number of hydrogen-bond acceptors (Lipinski definition) is 4. The number of ether oxygens (including phenoxy) is 2. The van der Waals surface area contributed by atoms with E-state index < -0.39 is 0 Å². The van der Waals surface area contributed by atoms with E-state index in [9.17, 15) is 0 Å². The Morgan fingerprint density at radius 1 is 0.654 bits per heavy atom. The topological polar surface area (TPSA) is 43.2 Å². The highest BCUT2D eigenvalue weighted by Gasteiger charge is 1.97. The molecule has 0 aliphatic carbocycles. The summed E-state index contributed by atoms with van der Waals surface area (Å²) in [5.74, 6) is 0. The summed E-state index contributed by atoms with van der Waals surface area (Å²) in [6.45, 7) is 9.83. The maximum atomic E-state index is 5.40. The lowest BCUT2D eigenvalue weighted by Crippen LogP contribution is -1.97. The first-order valence-corrected chi connectivity index (χ1v) is 8.78. The number of nitrogens with zero attached hydrogens (tertiary/aromatic N) is 2. The fourth-order valence-electron chi connectivity index (χ4n) is 2.29. The molecule has 0 aliphatic rings. The van der Waals surface area contributed by atoms with Crippen LogP contribution >= 0.6 is 0 Å². The maximum absolute atomic E-state index is 5.40. The largest absolute Gasteiger partial charge is 0.377 e. The van der Waals surface area contributed by atoms with Gasteiger partial charge in [-0.2, -0.15) is 10.2 Å². The third-order valence-corrected chi connectivity index (χ3v) is 3.70. The van der Waals surface area contributed by atoms with E-state index in [1.807, 2.05) is 24.3 Å². The Hall–Kier alpha value is -2.56. The summed E-state index contributed by atoms with van der Waals surface area (Å²) < 4.78 is 10.8. The molecule has 0 bridgehead atoms. The minimum Gasteiger partial charge on any atom is -0.377 e. The van der Waals surface area contributed by atoms with Gasteiger partial charge in [0.25, 0.3) is 0 Å².